The van der Waals surface area contributed by atoms with Gasteiger partial charge in [0.25, 0.3) is 11.5 Å². The number of aromatic amines is 2. The van der Waals surface area contributed by atoms with E-state index in [0.29, 0.717) is 6.54 Å². The van der Waals surface area contributed by atoms with E-state index in [9.17, 15) is 18.8 Å². The Morgan fingerprint density at radius 2 is 1.87 bits per heavy atom. The minimum Gasteiger partial charge on any atom is -0.392 e. The second-order valence-electron chi connectivity index (χ2n) is 5.12. The molecule has 0 unspecified atom stereocenters. The Hall–Kier alpha value is -3.16. The third-order valence-electron chi connectivity index (χ3n) is 3.61. The third-order valence-corrected chi connectivity index (χ3v) is 3.61. The summed E-state index contributed by atoms with van der Waals surface area (Å²) >= 11 is 0. The molecule has 1 aliphatic heterocycles. The van der Waals surface area contributed by atoms with Crippen molar-refractivity contribution in [3.05, 3.63) is 68.3 Å². The van der Waals surface area contributed by atoms with Gasteiger partial charge in [0.1, 0.15) is 17.2 Å². The summed E-state index contributed by atoms with van der Waals surface area (Å²) in [6.07, 6.45) is 1.83. The number of carbonyl (C=O) groups excluding carboxylic acids is 1. The number of hydrogen-bond acceptors (Lipinski definition) is 4. The minimum absolute atomic E-state index is 0.229. The van der Waals surface area contributed by atoms with Crippen LogP contribution in [-0.2, 0) is 0 Å². The topological polar surface area (TPSA) is 112 Å². The summed E-state index contributed by atoms with van der Waals surface area (Å²) in [5, 5.41) is 0. The summed E-state index contributed by atoms with van der Waals surface area (Å²) in [6, 6.07) is 5.93. The highest BCUT2D eigenvalue weighted by Crippen LogP contribution is 2.22. The Kier molecular flexibility index (Phi) is 3.57. The molecule has 8 heteroatoms. The first-order valence-corrected chi connectivity index (χ1v) is 6.82. The maximum absolute atomic E-state index is 13.0. The fourth-order valence-electron chi connectivity index (χ4n) is 2.41. The number of aromatic nitrogens is 2. The molecule has 0 radical (unpaired) electrons. The van der Waals surface area contributed by atoms with Crippen molar-refractivity contribution >= 4 is 17.2 Å². The summed E-state index contributed by atoms with van der Waals surface area (Å²) < 4.78 is 13.0. The molecule has 4 N–H and O–H groups in total. The van der Waals surface area contributed by atoms with E-state index in [1.165, 1.54) is 17.0 Å². The molecule has 0 fully saturated rings. The molecule has 7 nitrogen and oxygen atoms in total. The second kappa shape index (κ2) is 5.56. The van der Waals surface area contributed by atoms with E-state index in [-0.39, 0.29) is 23.7 Å². The van der Waals surface area contributed by atoms with E-state index in [1.54, 1.807) is 12.1 Å². The second-order valence-corrected chi connectivity index (χ2v) is 5.12. The predicted molar refractivity (Wildman–Crippen MR) is 82.4 cm³/mol. The van der Waals surface area contributed by atoms with E-state index < -0.39 is 17.2 Å². The lowest BCUT2D eigenvalue weighted by Crippen LogP contribution is -2.35. The first kappa shape index (κ1) is 14.8. The van der Waals surface area contributed by atoms with Gasteiger partial charge < -0.3 is 15.6 Å². The van der Waals surface area contributed by atoms with Crippen molar-refractivity contribution in [2.75, 3.05) is 18.8 Å². The number of halogens is 1. The van der Waals surface area contributed by atoms with Crippen LogP contribution in [0.2, 0.25) is 0 Å². The zero-order valence-corrected chi connectivity index (χ0v) is 11.9. The molecule has 23 heavy (non-hydrogen) atoms. The quantitative estimate of drug-likeness (QED) is 0.741. The fourth-order valence-corrected chi connectivity index (χ4v) is 2.41. The molecule has 1 aliphatic rings. The molecule has 0 atom stereocenters. The van der Waals surface area contributed by atoms with E-state index in [2.05, 4.69) is 4.98 Å². The van der Waals surface area contributed by atoms with Crippen LogP contribution in [-0.4, -0.2) is 33.9 Å². The van der Waals surface area contributed by atoms with Gasteiger partial charge in [-0.05, 0) is 23.3 Å². The van der Waals surface area contributed by atoms with Gasteiger partial charge in [-0.15, -0.1) is 0 Å². The molecule has 1 aromatic carbocycles. The fraction of sp³-hybridized carbons (Fsp3) is 0.133. The van der Waals surface area contributed by atoms with Crippen LogP contribution >= 0.6 is 0 Å². The summed E-state index contributed by atoms with van der Waals surface area (Å²) in [6.45, 7) is 0.582. The van der Waals surface area contributed by atoms with Crippen LogP contribution in [0, 0.1) is 5.82 Å². The molecule has 0 bridgehead atoms. The minimum atomic E-state index is -0.803. The number of nitrogens with two attached hydrogens (primary N) is 1. The number of carbonyl (C=O) groups is 1. The number of nitrogens with one attached hydrogen (secondary N) is 2. The molecule has 1 aromatic heterocycles. The first-order valence-electron chi connectivity index (χ1n) is 6.82. The highest BCUT2D eigenvalue weighted by molar-refractivity contribution is 5.98. The molecule has 2 aromatic rings. The largest absolute Gasteiger partial charge is 0.392 e. The highest BCUT2D eigenvalue weighted by Gasteiger charge is 2.25. The van der Waals surface area contributed by atoms with Crippen molar-refractivity contribution in [3.63, 3.8) is 0 Å². The van der Waals surface area contributed by atoms with Crippen LogP contribution in [0.15, 0.2) is 39.9 Å². The van der Waals surface area contributed by atoms with Crippen molar-refractivity contribution in [3.8, 4) is 0 Å². The lowest BCUT2D eigenvalue weighted by atomic mass is 10.1. The number of benzene rings is 1. The number of rotatable bonds is 2. The van der Waals surface area contributed by atoms with Gasteiger partial charge in [0.2, 0.25) is 0 Å². The summed E-state index contributed by atoms with van der Waals surface area (Å²) in [4.78, 5) is 40.9. The van der Waals surface area contributed by atoms with Crippen molar-refractivity contribution in [1.82, 2.24) is 14.9 Å². The molecule has 0 saturated carbocycles. The number of H-pyrrole nitrogens is 2. The maximum atomic E-state index is 13.0. The maximum Gasteiger partial charge on any atom is 0.326 e. The average Bonchev–Trinajstić information content (AvgIpc) is 3.01. The van der Waals surface area contributed by atoms with Crippen LogP contribution < -0.4 is 17.0 Å². The molecule has 0 spiro atoms. The highest BCUT2D eigenvalue weighted by atomic mass is 19.1. The number of hydrogen-bond donors (Lipinski definition) is 3. The molecule has 1 amide bonds. The number of nitrogens with zero attached hydrogens (tertiary/aromatic N) is 1. The zero-order valence-electron chi connectivity index (χ0n) is 11.9. The molecule has 0 aliphatic carbocycles. The smallest absolute Gasteiger partial charge is 0.326 e. The molecular formula is C15H13FN4O3. The third kappa shape index (κ3) is 2.78. The normalized spacial score (nSPS) is 14.0. The first-order chi connectivity index (χ1) is 11.0. The van der Waals surface area contributed by atoms with Crippen LogP contribution in [0.3, 0.4) is 0 Å². The zero-order chi connectivity index (χ0) is 16.6. The van der Waals surface area contributed by atoms with E-state index in [0.717, 1.165) is 11.1 Å². The molecule has 3 rings (SSSR count). The summed E-state index contributed by atoms with van der Waals surface area (Å²) in [5.74, 6) is -0.881. The summed E-state index contributed by atoms with van der Waals surface area (Å²) in [5.41, 5.74) is 5.06. The Labute approximate surface area is 129 Å². The average molecular weight is 316 g/mol. The number of nitrogen functional groups attached to an aromatic ring is 1. The Morgan fingerprint density at radius 1 is 1.17 bits per heavy atom. The van der Waals surface area contributed by atoms with Crippen molar-refractivity contribution in [1.29, 1.82) is 0 Å². The van der Waals surface area contributed by atoms with E-state index >= 15 is 0 Å². The monoisotopic (exact) mass is 316 g/mol. The van der Waals surface area contributed by atoms with Crippen molar-refractivity contribution in [2.24, 2.45) is 0 Å². The van der Waals surface area contributed by atoms with E-state index in [1.807, 2.05) is 11.1 Å². The van der Waals surface area contributed by atoms with Gasteiger partial charge in [-0.2, -0.15) is 0 Å². The van der Waals surface area contributed by atoms with Gasteiger partial charge in [-0.3, -0.25) is 14.6 Å². The predicted octanol–water partition coefficient (Wildman–Crippen LogP) is 0.324. The van der Waals surface area contributed by atoms with E-state index in [4.69, 9.17) is 5.73 Å². The van der Waals surface area contributed by atoms with Crippen LogP contribution in [0.25, 0.3) is 5.57 Å². The molecular weight excluding hydrogens is 303 g/mol. The van der Waals surface area contributed by atoms with Gasteiger partial charge in [-0.1, -0.05) is 18.2 Å². The van der Waals surface area contributed by atoms with Gasteiger partial charge in [0, 0.05) is 13.1 Å². The van der Waals surface area contributed by atoms with Gasteiger partial charge in [0.05, 0.1) is 0 Å². The van der Waals surface area contributed by atoms with Gasteiger partial charge in [0.15, 0.2) is 0 Å². The Bertz CT molecular complexity index is 912. The number of amides is 1. The van der Waals surface area contributed by atoms with Crippen molar-refractivity contribution in [2.45, 2.75) is 0 Å². The van der Waals surface area contributed by atoms with Gasteiger partial charge in [-0.25, -0.2) is 9.18 Å². The van der Waals surface area contributed by atoms with Crippen LogP contribution in [0.5, 0.6) is 0 Å². The molecule has 2 heterocycles. The van der Waals surface area contributed by atoms with Crippen molar-refractivity contribution < 1.29 is 9.18 Å². The molecule has 0 saturated heterocycles. The lowest BCUT2D eigenvalue weighted by molar-refractivity contribution is 0.0796. The standard InChI is InChI=1S/C15H13FN4O3/c16-10-3-1-8(2-4-10)9-5-6-20(7-9)14(22)12-11(17)13(21)19-15(23)18-12/h1-5H,6-7,17H2,(H2,18,19,21,23). The molecule has 118 valence electrons. The SMILES string of the molecule is Nc1c(C(=O)N2CC=C(c3ccc(F)cc3)C2)[nH]c(=O)[nH]c1=O. The number of anilines is 1. The van der Waals surface area contributed by atoms with Crippen LogP contribution in [0.4, 0.5) is 10.1 Å². The van der Waals surface area contributed by atoms with Gasteiger partial charge >= 0.3 is 5.69 Å². The summed E-state index contributed by atoms with van der Waals surface area (Å²) in [7, 11) is 0. The van der Waals surface area contributed by atoms with Crippen LogP contribution in [0.1, 0.15) is 16.1 Å². The Balaban J connectivity index is 1.83. The Morgan fingerprint density at radius 3 is 2.57 bits per heavy atom. The lowest BCUT2D eigenvalue weighted by Gasteiger charge is -2.17.